The first-order valence-electron chi connectivity index (χ1n) is 9.39. The van der Waals surface area contributed by atoms with E-state index in [4.69, 9.17) is 9.47 Å². The minimum atomic E-state index is -0.463. The largest absolute Gasteiger partial charge is 0.482 e. The number of rotatable bonds is 7. The van der Waals surface area contributed by atoms with Gasteiger partial charge in [0.25, 0.3) is 11.1 Å². The van der Waals surface area contributed by atoms with E-state index in [2.05, 4.69) is 0 Å². The summed E-state index contributed by atoms with van der Waals surface area (Å²) in [7, 11) is 0. The van der Waals surface area contributed by atoms with Crippen LogP contribution in [0.3, 0.4) is 0 Å². The van der Waals surface area contributed by atoms with E-state index in [1.807, 2.05) is 0 Å². The highest BCUT2D eigenvalue weighted by molar-refractivity contribution is 8.18. The van der Waals surface area contributed by atoms with E-state index >= 15 is 0 Å². The lowest BCUT2D eigenvalue weighted by molar-refractivity contribution is -0.145. The Morgan fingerprint density at radius 2 is 1.83 bits per heavy atom. The van der Waals surface area contributed by atoms with Crippen LogP contribution in [0.25, 0.3) is 6.08 Å². The third-order valence-corrected chi connectivity index (χ3v) is 5.37. The minimum absolute atomic E-state index is 0.183. The summed E-state index contributed by atoms with van der Waals surface area (Å²) < 4.78 is 10.1. The second kappa shape index (κ2) is 9.60. The van der Waals surface area contributed by atoms with Gasteiger partial charge in [-0.3, -0.25) is 19.3 Å². The molecule has 9 heteroatoms. The summed E-state index contributed by atoms with van der Waals surface area (Å²) in [6, 6.07) is 6.74. The van der Waals surface area contributed by atoms with Crippen molar-refractivity contribution in [3.8, 4) is 5.75 Å². The zero-order valence-corrected chi connectivity index (χ0v) is 16.9. The molecule has 2 fully saturated rings. The minimum Gasteiger partial charge on any atom is -0.482 e. The summed E-state index contributed by atoms with van der Waals surface area (Å²) in [5.74, 6) is -0.627. The molecule has 3 rings (SSSR count). The zero-order valence-electron chi connectivity index (χ0n) is 16.1. The molecule has 3 amide bonds. The molecule has 8 nitrogen and oxygen atoms in total. The van der Waals surface area contributed by atoms with E-state index in [1.165, 1.54) is 0 Å². The van der Waals surface area contributed by atoms with Crippen LogP contribution >= 0.6 is 11.8 Å². The van der Waals surface area contributed by atoms with E-state index in [0.717, 1.165) is 29.5 Å². The number of carbonyl (C=O) groups is 4. The van der Waals surface area contributed by atoms with Gasteiger partial charge in [-0.1, -0.05) is 12.1 Å². The number of nitrogens with zero attached hydrogens (tertiary/aromatic N) is 2. The fourth-order valence-electron chi connectivity index (χ4n) is 2.99. The second-order valence-electron chi connectivity index (χ2n) is 6.52. The number of benzene rings is 1. The topological polar surface area (TPSA) is 93.2 Å². The predicted octanol–water partition coefficient (Wildman–Crippen LogP) is 2.29. The normalized spacial score (nSPS) is 17.9. The number of likely N-dealkylation sites (tertiary alicyclic amines) is 1. The molecule has 0 N–H and O–H groups in total. The average molecular weight is 418 g/mol. The number of hydrogen-bond acceptors (Lipinski definition) is 7. The van der Waals surface area contributed by atoms with Gasteiger partial charge >= 0.3 is 5.97 Å². The van der Waals surface area contributed by atoms with Gasteiger partial charge in [-0.15, -0.1) is 0 Å². The van der Waals surface area contributed by atoms with Gasteiger partial charge in [0.05, 0.1) is 11.5 Å². The molecule has 1 aromatic rings. The number of amides is 3. The second-order valence-corrected chi connectivity index (χ2v) is 7.51. The van der Waals surface area contributed by atoms with Crippen molar-refractivity contribution in [1.82, 2.24) is 9.80 Å². The summed E-state index contributed by atoms with van der Waals surface area (Å²) >= 11 is 0.820. The Morgan fingerprint density at radius 1 is 1.14 bits per heavy atom. The van der Waals surface area contributed by atoms with Crippen molar-refractivity contribution in [1.29, 1.82) is 0 Å². The van der Waals surface area contributed by atoms with Gasteiger partial charge in [-0.25, -0.2) is 4.79 Å². The van der Waals surface area contributed by atoms with Crippen LogP contribution in [-0.2, 0) is 19.1 Å². The van der Waals surface area contributed by atoms with Crippen LogP contribution < -0.4 is 4.74 Å². The van der Waals surface area contributed by atoms with E-state index in [9.17, 15) is 19.2 Å². The SMILES string of the molecule is CCOC(=O)COc1ccc(/C=C2\SC(=O)N(CC(=O)N3CCCC3)C2=O)cc1. The van der Waals surface area contributed by atoms with Crippen molar-refractivity contribution in [2.75, 3.05) is 32.8 Å². The molecule has 0 unspecified atom stereocenters. The predicted molar refractivity (Wildman–Crippen MR) is 107 cm³/mol. The lowest BCUT2D eigenvalue weighted by atomic mass is 10.2. The molecular weight excluding hydrogens is 396 g/mol. The highest BCUT2D eigenvalue weighted by atomic mass is 32.2. The molecule has 154 valence electrons. The number of hydrogen-bond donors (Lipinski definition) is 0. The summed E-state index contributed by atoms with van der Waals surface area (Å²) in [4.78, 5) is 51.2. The van der Waals surface area contributed by atoms with Crippen molar-refractivity contribution in [2.45, 2.75) is 19.8 Å². The summed E-state index contributed by atoms with van der Waals surface area (Å²) in [5, 5.41) is -0.441. The molecule has 0 radical (unpaired) electrons. The maximum Gasteiger partial charge on any atom is 0.344 e. The van der Waals surface area contributed by atoms with E-state index < -0.39 is 17.1 Å². The molecular formula is C20H22N2O6S. The lowest BCUT2D eigenvalue weighted by Gasteiger charge is -2.18. The zero-order chi connectivity index (χ0) is 20.8. The first-order chi connectivity index (χ1) is 14.0. The molecule has 1 aromatic carbocycles. The molecule has 2 saturated heterocycles. The van der Waals surface area contributed by atoms with Crippen LogP contribution in [0.1, 0.15) is 25.3 Å². The van der Waals surface area contributed by atoms with Gasteiger partial charge < -0.3 is 14.4 Å². The Kier molecular flexibility index (Phi) is 6.92. The number of ether oxygens (including phenoxy) is 2. The van der Waals surface area contributed by atoms with Gasteiger partial charge in [0.15, 0.2) is 6.61 Å². The lowest BCUT2D eigenvalue weighted by Crippen LogP contribution is -2.40. The van der Waals surface area contributed by atoms with Crippen molar-refractivity contribution in [2.24, 2.45) is 0 Å². The van der Waals surface area contributed by atoms with Gasteiger partial charge in [0, 0.05) is 13.1 Å². The van der Waals surface area contributed by atoms with Crippen LogP contribution in [0.5, 0.6) is 5.75 Å². The summed E-state index contributed by atoms with van der Waals surface area (Å²) in [6.07, 6.45) is 3.50. The Bertz CT molecular complexity index is 830. The van der Waals surface area contributed by atoms with Gasteiger partial charge in [0.2, 0.25) is 5.91 Å². The number of esters is 1. The van der Waals surface area contributed by atoms with Gasteiger partial charge in [-0.05, 0) is 55.3 Å². The van der Waals surface area contributed by atoms with Crippen molar-refractivity contribution in [3.63, 3.8) is 0 Å². The Balaban J connectivity index is 1.60. The van der Waals surface area contributed by atoms with Crippen molar-refractivity contribution >= 4 is 40.9 Å². The smallest absolute Gasteiger partial charge is 0.344 e. The maximum atomic E-state index is 12.5. The molecule has 0 aromatic heterocycles. The maximum absolute atomic E-state index is 12.5. The number of carbonyl (C=O) groups excluding carboxylic acids is 4. The average Bonchev–Trinajstić information content (AvgIpc) is 3.33. The molecule has 0 spiro atoms. The quantitative estimate of drug-likeness (QED) is 0.495. The van der Waals surface area contributed by atoms with E-state index in [1.54, 1.807) is 42.2 Å². The standard InChI is InChI=1S/C20H22N2O6S/c1-2-27-18(24)13-28-15-7-5-14(6-8-15)11-16-19(25)22(20(26)29-16)12-17(23)21-9-3-4-10-21/h5-8,11H,2-4,9-10,12-13H2,1H3/b16-11-. The molecule has 0 aliphatic carbocycles. The van der Waals surface area contributed by atoms with E-state index in [-0.39, 0.29) is 24.0 Å². The highest BCUT2D eigenvalue weighted by Crippen LogP contribution is 2.32. The third kappa shape index (κ3) is 5.38. The van der Waals surface area contributed by atoms with E-state index in [0.29, 0.717) is 31.0 Å². The van der Waals surface area contributed by atoms with Crippen molar-refractivity contribution < 1.29 is 28.7 Å². The summed E-state index contributed by atoms with van der Waals surface area (Å²) in [5.41, 5.74) is 0.699. The van der Waals surface area contributed by atoms with Crippen LogP contribution in [0.4, 0.5) is 4.79 Å². The van der Waals surface area contributed by atoms with Crippen LogP contribution in [-0.4, -0.2) is 65.7 Å². The van der Waals surface area contributed by atoms with Gasteiger partial charge in [-0.2, -0.15) is 0 Å². The van der Waals surface area contributed by atoms with Crippen LogP contribution in [0.2, 0.25) is 0 Å². The molecule has 2 aliphatic heterocycles. The molecule has 0 saturated carbocycles. The number of thioether (sulfide) groups is 1. The van der Waals surface area contributed by atoms with Crippen LogP contribution in [0, 0.1) is 0 Å². The monoisotopic (exact) mass is 418 g/mol. The third-order valence-electron chi connectivity index (χ3n) is 4.47. The molecule has 2 aliphatic rings. The van der Waals surface area contributed by atoms with Crippen molar-refractivity contribution in [3.05, 3.63) is 34.7 Å². The Hall–Kier alpha value is -2.81. The molecule has 0 atom stereocenters. The first-order valence-corrected chi connectivity index (χ1v) is 10.2. The molecule has 2 heterocycles. The van der Waals surface area contributed by atoms with Crippen LogP contribution in [0.15, 0.2) is 29.2 Å². The highest BCUT2D eigenvalue weighted by Gasteiger charge is 2.37. The van der Waals surface area contributed by atoms with Gasteiger partial charge in [0.1, 0.15) is 12.3 Å². The number of imide groups is 1. The fourth-order valence-corrected chi connectivity index (χ4v) is 3.83. The first kappa shape index (κ1) is 20.9. The molecule has 0 bridgehead atoms. The summed E-state index contributed by atoms with van der Waals surface area (Å²) in [6.45, 7) is 2.96. The molecule has 29 heavy (non-hydrogen) atoms. The Morgan fingerprint density at radius 3 is 2.48 bits per heavy atom. The fraction of sp³-hybridized carbons (Fsp3) is 0.400. The Labute approximate surface area is 172 Å².